The maximum atomic E-state index is 11.6. The van der Waals surface area contributed by atoms with Crippen LogP contribution in [0.4, 0.5) is 5.69 Å². The fraction of sp³-hybridized carbons (Fsp3) is 0.385. The number of primary amides is 1. The van der Waals surface area contributed by atoms with Crippen molar-refractivity contribution in [1.82, 2.24) is 0 Å². The molecule has 0 aliphatic carbocycles. The molecule has 0 unspecified atom stereocenters. The first-order valence-corrected chi connectivity index (χ1v) is 5.76. The third kappa shape index (κ3) is 4.97. The van der Waals surface area contributed by atoms with Crippen LogP contribution >= 0.6 is 0 Å². The van der Waals surface area contributed by atoms with Gasteiger partial charge < -0.3 is 16.8 Å². The molecule has 2 amide bonds. The topological polar surface area (TPSA) is 98.2 Å². The van der Waals surface area contributed by atoms with E-state index in [1.807, 2.05) is 13.8 Å². The van der Waals surface area contributed by atoms with Gasteiger partial charge in [-0.3, -0.25) is 9.59 Å². The largest absolute Gasteiger partial charge is 0.366 e. The van der Waals surface area contributed by atoms with Gasteiger partial charge in [-0.05, 0) is 44.5 Å². The Balaban J connectivity index is 2.52. The summed E-state index contributed by atoms with van der Waals surface area (Å²) in [7, 11) is 0. The van der Waals surface area contributed by atoms with Crippen molar-refractivity contribution >= 4 is 17.5 Å². The zero-order valence-electron chi connectivity index (χ0n) is 10.7. The number of rotatable bonds is 5. The second kappa shape index (κ2) is 5.64. The summed E-state index contributed by atoms with van der Waals surface area (Å²) in [6, 6.07) is 6.44. The van der Waals surface area contributed by atoms with Gasteiger partial charge in [0.25, 0.3) is 0 Å². The van der Waals surface area contributed by atoms with E-state index in [4.69, 9.17) is 11.5 Å². The summed E-state index contributed by atoms with van der Waals surface area (Å²) in [5, 5.41) is 2.73. The molecule has 98 valence electrons. The van der Waals surface area contributed by atoms with Crippen LogP contribution in [0.1, 0.15) is 37.0 Å². The first-order valence-electron chi connectivity index (χ1n) is 5.76. The van der Waals surface area contributed by atoms with E-state index >= 15 is 0 Å². The maximum Gasteiger partial charge on any atom is 0.248 e. The Morgan fingerprint density at radius 1 is 1.22 bits per heavy atom. The minimum absolute atomic E-state index is 0.0969. The maximum absolute atomic E-state index is 11.6. The first-order chi connectivity index (χ1) is 8.28. The summed E-state index contributed by atoms with van der Waals surface area (Å²) in [6.07, 6.45) is 0.972. The normalized spacial score (nSPS) is 11.1. The van der Waals surface area contributed by atoms with E-state index in [1.165, 1.54) is 0 Å². The number of nitrogens with two attached hydrogens (primary N) is 2. The van der Waals surface area contributed by atoms with Crippen LogP contribution < -0.4 is 16.8 Å². The average molecular weight is 249 g/mol. The van der Waals surface area contributed by atoms with Gasteiger partial charge in [0.1, 0.15) is 0 Å². The Hall–Kier alpha value is -1.88. The van der Waals surface area contributed by atoms with Crippen LogP contribution in [0, 0.1) is 0 Å². The molecule has 5 N–H and O–H groups in total. The highest BCUT2D eigenvalue weighted by atomic mass is 16.1. The third-order valence-electron chi connectivity index (χ3n) is 2.45. The molecule has 0 saturated heterocycles. The molecule has 0 fully saturated rings. The molecule has 1 aromatic carbocycles. The molecule has 5 heteroatoms. The molecule has 18 heavy (non-hydrogen) atoms. The van der Waals surface area contributed by atoms with Gasteiger partial charge in [0.15, 0.2) is 0 Å². The van der Waals surface area contributed by atoms with E-state index in [-0.39, 0.29) is 11.4 Å². The SMILES string of the molecule is CC(C)(N)CCC(=O)Nc1ccc(C(N)=O)cc1. The van der Waals surface area contributed by atoms with Crippen molar-refractivity contribution in [2.75, 3.05) is 5.32 Å². The highest BCUT2D eigenvalue weighted by Gasteiger charge is 2.13. The number of carbonyl (C=O) groups excluding carboxylic acids is 2. The standard InChI is InChI=1S/C13H19N3O2/c1-13(2,15)8-7-11(17)16-10-5-3-9(4-6-10)12(14)18/h3-6H,7-8,15H2,1-2H3,(H2,14,18)(H,16,17). The number of amides is 2. The van der Waals surface area contributed by atoms with Crippen molar-refractivity contribution in [1.29, 1.82) is 0 Å². The molecule has 1 rings (SSSR count). The van der Waals surface area contributed by atoms with E-state index in [0.717, 1.165) is 0 Å². The van der Waals surface area contributed by atoms with Crippen LogP contribution in [0.25, 0.3) is 0 Å². The lowest BCUT2D eigenvalue weighted by atomic mass is 10.00. The van der Waals surface area contributed by atoms with Crippen molar-refractivity contribution in [3.05, 3.63) is 29.8 Å². The van der Waals surface area contributed by atoms with Crippen LogP contribution in [0.3, 0.4) is 0 Å². The van der Waals surface area contributed by atoms with Crippen molar-refractivity contribution < 1.29 is 9.59 Å². The summed E-state index contributed by atoms with van der Waals surface area (Å²) in [5.74, 6) is -0.585. The Bertz CT molecular complexity index is 433. The number of benzene rings is 1. The highest BCUT2D eigenvalue weighted by Crippen LogP contribution is 2.12. The van der Waals surface area contributed by atoms with Crippen molar-refractivity contribution in [2.24, 2.45) is 11.5 Å². The molecule has 0 saturated carbocycles. The lowest BCUT2D eigenvalue weighted by Gasteiger charge is -2.17. The minimum atomic E-state index is -0.488. The van der Waals surface area contributed by atoms with E-state index in [2.05, 4.69) is 5.32 Å². The summed E-state index contributed by atoms with van der Waals surface area (Å²) >= 11 is 0. The lowest BCUT2D eigenvalue weighted by molar-refractivity contribution is -0.116. The summed E-state index contributed by atoms with van der Waals surface area (Å²) in [5.41, 5.74) is 11.6. The van der Waals surface area contributed by atoms with Crippen LogP contribution in [0.5, 0.6) is 0 Å². The number of nitrogens with one attached hydrogen (secondary N) is 1. The second-order valence-corrected chi connectivity index (χ2v) is 4.98. The minimum Gasteiger partial charge on any atom is -0.366 e. The molecule has 0 aliphatic rings. The van der Waals surface area contributed by atoms with Gasteiger partial charge in [0.05, 0.1) is 0 Å². The predicted molar refractivity (Wildman–Crippen MR) is 71.1 cm³/mol. The molecule has 0 aliphatic heterocycles. The molecule has 0 spiro atoms. The number of carbonyl (C=O) groups is 2. The first kappa shape index (κ1) is 14.2. The zero-order chi connectivity index (χ0) is 13.8. The number of anilines is 1. The molecule has 1 aromatic rings. The van der Waals surface area contributed by atoms with E-state index < -0.39 is 5.91 Å². The van der Waals surface area contributed by atoms with Crippen LogP contribution in [-0.2, 0) is 4.79 Å². The van der Waals surface area contributed by atoms with Gasteiger partial charge in [-0.15, -0.1) is 0 Å². The van der Waals surface area contributed by atoms with Gasteiger partial charge in [-0.2, -0.15) is 0 Å². The molecular formula is C13H19N3O2. The summed E-state index contributed by atoms with van der Waals surface area (Å²) < 4.78 is 0. The molecule has 0 atom stereocenters. The van der Waals surface area contributed by atoms with Gasteiger partial charge >= 0.3 is 0 Å². The number of hydrogen-bond donors (Lipinski definition) is 3. The van der Waals surface area contributed by atoms with Crippen molar-refractivity contribution in [3.8, 4) is 0 Å². The Labute approximate surface area is 107 Å². The highest BCUT2D eigenvalue weighted by molar-refractivity contribution is 5.94. The molecule has 5 nitrogen and oxygen atoms in total. The average Bonchev–Trinajstić information content (AvgIpc) is 2.26. The molecule has 0 radical (unpaired) electrons. The zero-order valence-corrected chi connectivity index (χ0v) is 10.7. The van der Waals surface area contributed by atoms with Crippen molar-refractivity contribution in [2.45, 2.75) is 32.2 Å². The second-order valence-electron chi connectivity index (χ2n) is 4.98. The molecule has 0 bridgehead atoms. The van der Waals surface area contributed by atoms with Gasteiger partial charge in [0.2, 0.25) is 11.8 Å². The monoisotopic (exact) mass is 249 g/mol. The quantitative estimate of drug-likeness (QED) is 0.732. The fourth-order valence-electron chi connectivity index (χ4n) is 1.38. The molecule has 0 aromatic heterocycles. The van der Waals surface area contributed by atoms with Crippen LogP contribution in [0.2, 0.25) is 0 Å². The third-order valence-corrected chi connectivity index (χ3v) is 2.45. The van der Waals surface area contributed by atoms with Gasteiger partial charge in [0, 0.05) is 23.2 Å². The van der Waals surface area contributed by atoms with Crippen LogP contribution in [0.15, 0.2) is 24.3 Å². The number of hydrogen-bond acceptors (Lipinski definition) is 3. The summed E-state index contributed by atoms with van der Waals surface area (Å²) in [6.45, 7) is 3.75. The van der Waals surface area contributed by atoms with Crippen LogP contribution in [-0.4, -0.2) is 17.4 Å². The van der Waals surface area contributed by atoms with Gasteiger partial charge in [-0.25, -0.2) is 0 Å². The molecular weight excluding hydrogens is 230 g/mol. The lowest BCUT2D eigenvalue weighted by Crippen LogP contribution is -2.33. The van der Waals surface area contributed by atoms with E-state index in [1.54, 1.807) is 24.3 Å². The van der Waals surface area contributed by atoms with E-state index in [9.17, 15) is 9.59 Å². The van der Waals surface area contributed by atoms with E-state index in [0.29, 0.717) is 24.1 Å². The fourth-order valence-corrected chi connectivity index (χ4v) is 1.38. The summed E-state index contributed by atoms with van der Waals surface area (Å²) in [4.78, 5) is 22.5. The Kier molecular flexibility index (Phi) is 4.44. The molecule has 0 heterocycles. The van der Waals surface area contributed by atoms with Crippen molar-refractivity contribution in [3.63, 3.8) is 0 Å². The smallest absolute Gasteiger partial charge is 0.248 e. The van der Waals surface area contributed by atoms with Gasteiger partial charge in [-0.1, -0.05) is 0 Å². The Morgan fingerprint density at radius 3 is 2.22 bits per heavy atom. The Morgan fingerprint density at radius 2 is 1.78 bits per heavy atom. The predicted octanol–water partition coefficient (Wildman–Crippen LogP) is 1.24.